The Balaban J connectivity index is 1.84. The third kappa shape index (κ3) is 4.54. The number of anilines is 1. The molecule has 2 amide bonds. The monoisotopic (exact) mass is 290 g/mol. The summed E-state index contributed by atoms with van der Waals surface area (Å²) in [5, 5.41) is 6.13. The van der Waals surface area contributed by atoms with Gasteiger partial charge in [0.1, 0.15) is 0 Å². The number of carbonyl (C=O) groups is 2. The first-order chi connectivity index (χ1) is 10.1. The molecule has 4 N–H and O–H groups in total. The Morgan fingerprint density at radius 1 is 1.38 bits per heavy atom. The molecule has 2 rings (SSSR count). The predicted molar refractivity (Wildman–Crippen MR) is 81.9 cm³/mol. The maximum atomic E-state index is 12.0. The first-order valence-corrected chi connectivity index (χ1v) is 7.16. The number of aryl methyl sites for hydroxylation is 1. The average Bonchev–Trinajstić information content (AvgIpc) is 2.49. The van der Waals surface area contributed by atoms with E-state index in [2.05, 4.69) is 10.6 Å². The van der Waals surface area contributed by atoms with Gasteiger partial charge in [-0.1, -0.05) is 17.7 Å². The van der Waals surface area contributed by atoms with E-state index in [-0.39, 0.29) is 24.4 Å². The van der Waals surface area contributed by atoms with E-state index in [1.165, 1.54) is 0 Å². The van der Waals surface area contributed by atoms with E-state index in [0.29, 0.717) is 26.1 Å². The van der Waals surface area contributed by atoms with Gasteiger partial charge in [0.05, 0.1) is 6.54 Å². The van der Waals surface area contributed by atoms with E-state index >= 15 is 0 Å². The first-order valence-electron chi connectivity index (χ1n) is 7.16. The molecule has 1 saturated heterocycles. The van der Waals surface area contributed by atoms with Gasteiger partial charge in [0.15, 0.2) is 0 Å². The number of piperazine rings is 1. The Morgan fingerprint density at radius 2 is 2.10 bits per heavy atom. The molecule has 0 aliphatic carbocycles. The molecule has 0 bridgehead atoms. The van der Waals surface area contributed by atoms with E-state index in [1.807, 2.05) is 31.2 Å². The Bertz CT molecular complexity index is 501. The lowest BCUT2D eigenvalue weighted by atomic mass is 10.1. The van der Waals surface area contributed by atoms with Gasteiger partial charge >= 0.3 is 0 Å². The van der Waals surface area contributed by atoms with Gasteiger partial charge in [-0.2, -0.15) is 0 Å². The highest BCUT2D eigenvalue weighted by Crippen LogP contribution is 2.10. The standard InChI is InChI=1S/C15H22N4O2/c1-11-2-4-12(5-3-11)18-14(20)8-13-10-19(7-6-17-13)15(21)9-16/h2-5,13,17H,6-10,16H2,1H3,(H,18,20). The molecule has 1 aliphatic rings. The van der Waals surface area contributed by atoms with Crippen molar-refractivity contribution < 1.29 is 9.59 Å². The molecule has 0 aromatic heterocycles. The van der Waals surface area contributed by atoms with Crippen molar-refractivity contribution in [2.45, 2.75) is 19.4 Å². The lowest BCUT2D eigenvalue weighted by Gasteiger charge is -2.33. The average molecular weight is 290 g/mol. The molecule has 1 aromatic rings. The summed E-state index contributed by atoms with van der Waals surface area (Å²) in [4.78, 5) is 25.3. The molecule has 0 radical (unpaired) electrons. The van der Waals surface area contributed by atoms with Crippen LogP contribution in [0.3, 0.4) is 0 Å². The topological polar surface area (TPSA) is 87.5 Å². The van der Waals surface area contributed by atoms with E-state index in [1.54, 1.807) is 4.90 Å². The summed E-state index contributed by atoms with van der Waals surface area (Å²) in [6.07, 6.45) is 0.336. The van der Waals surface area contributed by atoms with Gasteiger partial charge in [0.2, 0.25) is 11.8 Å². The van der Waals surface area contributed by atoms with Gasteiger partial charge in [0.25, 0.3) is 0 Å². The molecule has 6 nitrogen and oxygen atoms in total. The van der Waals surface area contributed by atoms with Crippen LogP contribution in [-0.2, 0) is 9.59 Å². The van der Waals surface area contributed by atoms with E-state index in [4.69, 9.17) is 5.73 Å². The first kappa shape index (κ1) is 15.5. The third-order valence-electron chi connectivity index (χ3n) is 3.55. The Labute approximate surface area is 124 Å². The molecule has 1 fully saturated rings. The molecule has 1 unspecified atom stereocenters. The quantitative estimate of drug-likeness (QED) is 0.733. The highest BCUT2D eigenvalue weighted by Gasteiger charge is 2.24. The van der Waals surface area contributed by atoms with Crippen molar-refractivity contribution in [1.82, 2.24) is 10.2 Å². The largest absolute Gasteiger partial charge is 0.339 e. The van der Waals surface area contributed by atoms with Crippen molar-refractivity contribution in [1.29, 1.82) is 0 Å². The third-order valence-corrected chi connectivity index (χ3v) is 3.55. The van der Waals surface area contributed by atoms with E-state index < -0.39 is 0 Å². The van der Waals surface area contributed by atoms with Crippen molar-refractivity contribution >= 4 is 17.5 Å². The molecule has 6 heteroatoms. The number of rotatable bonds is 4. The zero-order valence-corrected chi connectivity index (χ0v) is 12.3. The summed E-state index contributed by atoms with van der Waals surface area (Å²) in [6.45, 7) is 3.88. The maximum Gasteiger partial charge on any atom is 0.236 e. The molecule has 0 saturated carbocycles. The van der Waals surface area contributed by atoms with Gasteiger partial charge in [-0.25, -0.2) is 0 Å². The van der Waals surface area contributed by atoms with Gasteiger partial charge in [-0.3, -0.25) is 9.59 Å². The maximum absolute atomic E-state index is 12.0. The molecule has 21 heavy (non-hydrogen) atoms. The number of carbonyl (C=O) groups excluding carboxylic acids is 2. The van der Waals surface area contributed by atoms with Crippen LogP contribution < -0.4 is 16.4 Å². The van der Waals surface area contributed by atoms with Crippen LogP contribution in [0.2, 0.25) is 0 Å². The minimum atomic E-state index is -0.0690. The van der Waals surface area contributed by atoms with Crippen LogP contribution in [0, 0.1) is 6.92 Å². The summed E-state index contributed by atoms with van der Waals surface area (Å²) >= 11 is 0. The summed E-state index contributed by atoms with van der Waals surface area (Å²) < 4.78 is 0. The fourth-order valence-corrected chi connectivity index (χ4v) is 2.39. The fourth-order valence-electron chi connectivity index (χ4n) is 2.39. The fraction of sp³-hybridized carbons (Fsp3) is 0.467. The van der Waals surface area contributed by atoms with Crippen LogP contribution in [0.4, 0.5) is 5.69 Å². The second kappa shape index (κ2) is 7.19. The number of nitrogens with zero attached hydrogens (tertiary/aromatic N) is 1. The van der Waals surface area contributed by atoms with Crippen molar-refractivity contribution in [3.05, 3.63) is 29.8 Å². The van der Waals surface area contributed by atoms with Crippen LogP contribution in [0.5, 0.6) is 0 Å². The van der Waals surface area contributed by atoms with Gasteiger partial charge < -0.3 is 21.3 Å². The van der Waals surface area contributed by atoms with E-state index in [9.17, 15) is 9.59 Å². The van der Waals surface area contributed by atoms with Crippen LogP contribution in [0.15, 0.2) is 24.3 Å². The minimum Gasteiger partial charge on any atom is -0.339 e. The molecule has 114 valence electrons. The molecule has 1 heterocycles. The van der Waals surface area contributed by atoms with Gasteiger partial charge in [0, 0.05) is 37.8 Å². The summed E-state index contributed by atoms with van der Waals surface area (Å²) in [5.74, 6) is -0.126. The van der Waals surface area contributed by atoms with Crippen LogP contribution in [0.25, 0.3) is 0 Å². The molecule has 1 aliphatic heterocycles. The smallest absolute Gasteiger partial charge is 0.236 e. The Kier molecular flexibility index (Phi) is 5.30. The second-order valence-corrected chi connectivity index (χ2v) is 5.31. The van der Waals surface area contributed by atoms with Gasteiger partial charge in [-0.15, -0.1) is 0 Å². The lowest BCUT2D eigenvalue weighted by molar-refractivity contribution is -0.131. The molecule has 1 atom stereocenters. The number of benzene rings is 1. The van der Waals surface area contributed by atoms with Crippen molar-refractivity contribution in [3.63, 3.8) is 0 Å². The minimum absolute atomic E-state index is 0.0162. The molecule has 0 spiro atoms. The van der Waals surface area contributed by atoms with Gasteiger partial charge in [-0.05, 0) is 19.1 Å². The molecular weight excluding hydrogens is 268 g/mol. The molecular formula is C15H22N4O2. The van der Waals surface area contributed by atoms with Crippen LogP contribution >= 0.6 is 0 Å². The highest BCUT2D eigenvalue weighted by atomic mass is 16.2. The van der Waals surface area contributed by atoms with Crippen LogP contribution in [0.1, 0.15) is 12.0 Å². The van der Waals surface area contributed by atoms with Crippen LogP contribution in [-0.4, -0.2) is 48.9 Å². The number of nitrogens with one attached hydrogen (secondary N) is 2. The zero-order valence-electron chi connectivity index (χ0n) is 12.3. The van der Waals surface area contributed by atoms with E-state index in [0.717, 1.165) is 11.3 Å². The summed E-state index contributed by atoms with van der Waals surface area (Å²) in [7, 11) is 0. The van der Waals surface area contributed by atoms with Crippen molar-refractivity contribution in [2.75, 3.05) is 31.5 Å². The predicted octanol–water partition coefficient (Wildman–Crippen LogP) is 0.0827. The normalized spacial score (nSPS) is 18.4. The van der Waals surface area contributed by atoms with Crippen molar-refractivity contribution in [3.8, 4) is 0 Å². The Hall–Kier alpha value is -1.92. The summed E-state index contributed by atoms with van der Waals surface area (Å²) in [5.41, 5.74) is 7.31. The molecule has 1 aromatic carbocycles. The second-order valence-electron chi connectivity index (χ2n) is 5.31. The number of hydrogen-bond acceptors (Lipinski definition) is 4. The highest BCUT2D eigenvalue weighted by molar-refractivity contribution is 5.91. The number of amides is 2. The SMILES string of the molecule is Cc1ccc(NC(=O)CC2CN(C(=O)CN)CCN2)cc1. The number of nitrogens with two attached hydrogens (primary N) is 1. The number of hydrogen-bond donors (Lipinski definition) is 3. The zero-order chi connectivity index (χ0) is 15.2. The Morgan fingerprint density at radius 3 is 2.76 bits per heavy atom. The summed E-state index contributed by atoms with van der Waals surface area (Å²) in [6, 6.07) is 7.64. The van der Waals surface area contributed by atoms with Crippen molar-refractivity contribution in [2.24, 2.45) is 5.73 Å². The lowest BCUT2D eigenvalue weighted by Crippen LogP contribution is -2.54.